The summed E-state index contributed by atoms with van der Waals surface area (Å²) >= 11 is 0. The molecule has 16 heavy (non-hydrogen) atoms. The number of rotatable bonds is 5. The second-order valence-corrected chi connectivity index (χ2v) is 3.97. The first-order valence-corrected chi connectivity index (χ1v) is 5.73. The monoisotopic (exact) mass is 228 g/mol. The van der Waals surface area contributed by atoms with E-state index >= 15 is 0 Å². The molecule has 0 spiro atoms. The van der Waals surface area contributed by atoms with Crippen molar-refractivity contribution >= 4 is 11.9 Å². The Bertz CT molecular complexity index is 249. The number of hydrogen-bond donors (Lipinski definition) is 3. The van der Waals surface area contributed by atoms with Gasteiger partial charge < -0.3 is 21.2 Å². The number of oxime groups is 1. The third-order valence-electron chi connectivity index (χ3n) is 2.66. The fourth-order valence-electron chi connectivity index (χ4n) is 1.71. The van der Waals surface area contributed by atoms with E-state index in [4.69, 9.17) is 10.9 Å². The minimum Gasteiger partial charge on any atom is -0.409 e. The molecular weight excluding hydrogens is 208 g/mol. The van der Waals surface area contributed by atoms with Gasteiger partial charge in [-0.3, -0.25) is 0 Å². The minimum atomic E-state index is 0.0290. The number of amidine groups is 1. The second kappa shape index (κ2) is 6.92. The van der Waals surface area contributed by atoms with Gasteiger partial charge in [0.1, 0.15) is 5.84 Å². The summed E-state index contributed by atoms with van der Waals surface area (Å²) in [5, 5.41) is 14.1. The number of hydrogen-bond acceptors (Lipinski definition) is 3. The maximum atomic E-state index is 11.5. The fourth-order valence-corrected chi connectivity index (χ4v) is 1.71. The van der Waals surface area contributed by atoms with Crippen molar-refractivity contribution in [2.45, 2.75) is 32.1 Å². The summed E-state index contributed by atoms with van der Waals surface area (Å²) in [5.41, 5.74) is 5.32. The Hall–Kier alpha value is -1.46. The van der Waals surface area contributed by atoms with Crippen molar-refractivity contribution in [2.24, 2.45) is 10.9 Å². The maximum Gasteiger partial charge on any atom is 0.317 e. The van der Waals surface area contributed by atoms with Gasteiger partial charge in [0.05, 0.1) is 0 Å². The maximum absolute atomic E-state index is 11.5. The standard InChI is InChI=1S/C10H20N4O2/c11-9(13-16)5-1-2-6-12-10(15)14-7-3-4-8-14/h16H,1-8H2,(H2,11,13)(H,12,15). The summed E-state index contributed by atoms with van der Waals surface area (Å²) in [6.07, 6.45) is 4.44. The Morgan fingerprint density at radius 2 is 2.06 bits per heavy atom. The summed E-state index contributed by atoms with van der Waals surface area (Å²) in [4.78, 5) is 13.4. The van der Waals surface area contributed by atoms with E-state index < -0.39 is 0 Å². The van der Waals surface area contributed by atoms with Crippen molar-refractivity contribution in [1.29, 1.82) is 0 Å². The average molecular weight is 228 g/mol. The molecule has 0 saturated carbocycles. The van der Waals surface area contributed by atoms with Crippen molar-refractivity contribution in [3.8, 4) is 0 Å². The van der Waals surface area contributed by atoms with E-state index in [1.54, 1.807) is 0 Å². The van der Waals surface area contributed by atoms with Crippen LogP contribution in [0.1, 0.15) is 32.1 Å². The van der Waals surface area contributed by atoms with Gasteiger partial charge in [0, 0.05) is 26.1 Å². The molecule has 92 valence electrons. The first-order valence-electron chi connectivity index (χ1n) is 5.73. The van der Waals surface area contributed by atoms with Crippen LogP contribution < -0.4 is 11.1 Å². The molecule has 1 fully saturated rings. The molecule has 0 aromatic rings. The first kappa shape index (κ1) is 12.6. The van der Waals surface area contributed by atoms with E-state index in [9.17, 15) is 4.79 Å². The Kier molecular flexibility index (Phi) is 5.45. The van der Waals surface area contributed by atoms with Gasteiger partial charge in [-0.25, -0.2) is 4.79 Å². The lowest BCUT2D eigenvalue weighted by atomic mass is 10.2. The van der Waals surface area contributed by atoms with Crippen LogP contribution in [0.4, 0.5) is 4.79 Å². The molecule has 0 bridgehead atoms. The smallest absolute Gasteiger partial charge is 0.317 e. The quantitative estimate of drug-likeness (QED) is 0.213. The Balaban J connectivity index is 2.00. The SMILES string of the molecule is NC(CCCCNC(=O)N1CCCC1)=NO. The molecule has 1 heterocycles. The summed E-state index contributed by atoms with van der Waals surface area (Å²) in [5.74, 6) is 0.242. The molecule has 1 saturated heterocycles. The molecule has 1 aliphatic rings. The van der Waals surface area contributed by atoms with Crippen LogP contribution in [0.5, 0.6) is 0 Å². The normalized spacial score (nSPS) is 16.5. The van der Waals surface area contributed by atoms with E-state index in [1.165, 1.54) is 0 Å². The number of amides is 2. The molecule has 0 aromatic carbocycles. The van der Waals surface area contributed by atoms with Gasteiger partial charge in [-0.2, -0.15) is 0 Å². The predicted molar refractivity (Wildman–Crippen MR) is 61.5 cm³/mol. The van der Waals surface area contributed by atoms with Gasteiger partial charge in [-0.1, -0.05) is 5.16 Å². The van der Waals surface area contributed by atoms with Crippen LogP contribution in [0.25, 0.3) is 0 Å². The zero-order valence-electron chi connectivity index (χ0n) is 9.48. The highest BCUT2D eigenvalue weighted by molar-refractivity contribution is 5.79. The van der Waals surface area contributed by atoms with Crippen molar-refractivity contribution in [3.63, 3.8) is 0 Å². The van der Waals surface area contributed by atoms with Gasteiger partial charge in [-0.05, 0) is 25.7 Å². The highest BCUT2D eigenvalue weighted by atomic mass is 16.4. The van der Waals surface area contributed by atoms with Crippen LogP contribution in [0.15, 0.2) is 5.16 Å². The minimum absolute atomic E-state index is 0.0290. The van der Waals surface area contributed by atoms with Crippen LogP contribution in [0.3, 0.4) is 0 Å². The lowest BCUT2D eigenvalue weighted by Crippen LogP contribution is -2.38. The van der Waals surface area contributed by atoms with E-state index in [1.807, 2.05) is 4.90 Å². The van der Waals surface area contributed by atoms with E-state index in [0.29, 0.717) is 13.0 Å². The lowest BCUT2D eigenvalue weighted by Gasteiger charge is -2.15. The number of carbonyl (C=O) groups is 1. The number of unbranched alkanes of at least 4 members (excludes halogenated alkanes) is 1. The molecule has 0 aliphatic carbocycles. The van der Waals surface area contributed by atoms with Gasteiger partial charge in [-0.15, -0.1) is 0 Å². The third-order valence-corrected chi connectivity index (χ3v) is 2.66. The topological polar surface area (TPSA) is 91.0 Å². The molecule has 0 aromatic heterocycles. The van der Waals surface area contributed by atoms with Crippen molar-refractivity contribution in [2.75, 3.05) is 19.6 Å². The number of likely N-dealkylation sites (tertiary alicyclic amines) is 1. The van der Waals surface area contributed by atoms with Gasteiger partial charge >= 0.3 is 6.03 Å². The number of urea groups is 1. The molecule has 6 heteroatoms. The van der Waals surface area contributed by atoms with Crippen LogP contribution >= 0.6 is 0 Å². The highest BCUT2D eigenvalue weighted by Crippen LogP contribution is 2.06. The highest BCUT2D eigenvalue weighted by Gasteiger charge is 2.16. The van der Waals surface area contributed by atoms with Crippen molar-refractivity contribution in [3.05, 3.63) is 0 Å². The lowest BCUT2D eigenvalue weighted by molar-refractivity contribution is 0.208. The molecule has 2 amide bonds. The summed E-state index contributed by atoms with van der Waals surface area (Å²) < 4.78 is 0. The van der Waals surface area contributed by atoms with E-state index in [2.05, 4.69) is 10.5 Å². The number of nitrogens with one attached hydrogen (secondary N) is 1. The Morgan fingerprint density at radius 1 is 1.38 bits per heavy atom. The van der Waals surface area contributed by atoms with Crippen molar-refractivity contribution < 1.29 is 10.0 Å². The number of nitrogens with zero attached hydrogens (tertiary/aromatic N) is 2. The molecule has 0 unspecified atom stereocenters. The molecular formula is C10H20N4O2. The molecule has 0 radical (unpaired) electrons. The third kappa shape index (κ3) is 4.37. The van der Waals surface area contributed by atoms with Gasteiger partial charge in [0.25, 0.3) is 0 Å². The molecule has 1 aliphatic heterocycles. The summed E-state index contributed by atoms with van der Waals surface area (Å²) in [6.45, 7) is 2.39. The van der Waals surface area contributed by atoms with Crippen LogP contribution in [0, 0.1) is 0 Å². The number of nitrogens with two attached hydrogens (primary N) is 1. The zero-order chi connectivity index (χ0) is 11.8. The average Bonchev–Trinajstić information content (AvgIpc) is 2.81. The largest absolute Gasteiger partial charge is 0.409 e. The molecule has 1 rings (SSSR count). The van der Waals surface area contributed by atoms with Gasteiger partial charge in [0.15, 0.2) is 0 Å². The van der Waals surface area contributed by atoms with Crippen LogP contribution in [-0.4, -0.2) is 41.6 Å². The zero-order valence-corrected chi connectivity index (χ0v) is 9.48. The second-order valence-electron chi connectivity index (χ2n) is 3.97. The van der Waals surface area contributed by atoms with Crippen LogP contribution in [0.2, 0.25) is 0 Å². The predicted octanol–water partition coefficient (Wildman–Crippen LogP) is 0.708. The van der Waals surface area contributed by atoms with Gasteiger partial charge in [0.2, 0.25) is 0 Å². The molecule has 6 nitrogen and oxygen atoms in total. The Morgan fingerprint density at radius 3 is 2.69 bits per heavy atom. The van der Waals surface area contributed by atoms with Crippen LogP contribution in [-0.2, 0) is 0 Å². The Labute approximate surface area is 95.5 Å². The number of carbonyl (C=O) groups excluding carboxylic acids is 1. The summed E-state index contributed by atoms with van der Waals surface area (Å²) in [7, 11) is 0. The first-order chi connectivity index (χ1) is 7.74. The molecule has 0 atom stereocenters. The van der Waals surface area contributed by atoms with Crippen molar-refractivity contribution in [1.82, 2.24) is 10.2 Å². The fraction of sp³-hybridized carbons (Fsp3) is 0.800. The molecule has 4 N–H and O–H groups in total. The van der Waals surface area contributed by atoms with E-state index in [0.717, 1.165) is 38.8 Å². The summed E-state index contributed by atoms with van der Waals surface area (Å²) in [6, 6.07) is 0.0290. The van der Waals surface area contributed by atoms with E-state index in [-0.39, 0.29) is 11.9 Å².